The molecule has 2 heteroatoms. The van der Waals surface area contributed by atoms with E-state index in [9.17, 15) is 0 Å². The summed E-state index contributed by atoms with van der Waals surface area (Å²) in [6.07, 6.45) is 2.82. The second-order valence-corrected chi connectivity index (χ2v) is 5.23. The Morgan fingerprint density at radius 3 is 2.47 bits per heavy atom. The van der Waals surface area contributed by atoms with E-state index < -0.39 is 0 Å². The van der Waals surface area contributed by atoms with Gasteiger partial charge < -0.3 is 5.32 Å². The van der Waals surface area contributed by atoms with Gasteiger partial charge >= 0.3 is 0 Å². The first-order valence-corrected chi connectivity index (χ1v) is 6.65. The molecule has 1 aliphatic carbocycles. The van der Waals surface area contributed by atoms with E-state index in [1.165, 1.54) is 18.4 Å². The van der Waals surface area contributed by atoms with E-state index in [4.69, 9.17) is 0 Å². The van der Waals surface area contributed by atoms with E-state index in [0.29, 0.717) is 12.1 Å². The van der Waals surface area contributed by atoms with Crippen molar-refractivity contribution in [2.75, 3.05) is 20.6 Å². The van der Waals surface area contributed by atoms with Crippen LogP contribution in [0.1, 0.15) is 31.4 Å². The van der Waals surface area contributed by atoms with Crippen LogP contribution in [0.3, 0.4) is 0 Å². The molecule has 2 unspecified atom stereocenters. The third kappa shape index (κ3) is 3.08. The molecule has 17 heavy (non-hydrogen) atoms. The summed E-state index contributed by atoms with van der Waals surface area (Å²) in [5.74, 6) is 0.920. The fourth-order valence-electron chi connectivity index (χ4n) is 2.56. The summed E-state index contributed by atoms with van der Waals surface area (Å²) < 4.78 is 0. The average Bonchev–Trinajstić information content (AvgIpc) is 3.19. The lowest BCUT2D eigenvalue weighted by Gasteiger charge is -2.33. The monoisotopic (exact) mass is 232 g/mol. The zero-order valence-electron chi connectivity index (χ0n) is 11.2. The number of rotatable bonds is 6. The molecule has 1 aromatic carbocycles. The molecule has 1 fully saturated rings. The van der Waals surface area contributed by atoms with Crippen LogP contribution in [0.4, 0.5) is 0 Å². The van der Waals surface area contributed by atoms with Crippen LogP contribution in [-0.2, 0) is 0 Å². The van der Waals surface area contributed by atoms with Crippen LogP contribution in [0.5, 0.6) is 0 Å². The highest BCUT2D eigenvalue weighted by Crippen LogP contribution is 2.37. The van der Waals surface area contributed by atoms with Gasteiger partial charge in [0.05, 0.1) is 0 Å². The molecule has 0 saturated heterocycles. The zero-order valence-corrected chi connectivity index (χ0v) is 11.2. The maximum Gasteiger partial charge on any atom is 0.0472 e. The van der Waals surface area contributed by atoms with Crippen molar-refractivity contribution in [3.05, 3.63) is 35.9 Å². The van der Waals surface area contributed by atoms with Crippen molar-refractivity contribution in [1.82, 2.24) is 10.2 Å². The SMILES string of the molecule is CNCC(c1ccccc1)N(C)C(C)C1CC1. The van der Waals surface area contributed by atoms with Gasteiger partial charge in [0, 0.05) is 18.6 Å². The Labute approximate surface area is 105 Å². The highest BCUT2D eigenvalue weighted by atomic mass is 15.2. The largest absolute Gasteiger partial charge is 0.318 e. The standard InChI is InChI=1S/C15H24N2/c1-12(13-9-10-13)17(3)15(11-16-2)14-7-5-4-6-8-14/h4-8,12-13,15-16H,9-11H2,1-3H3. The summed E-state index contributed by atoms with van der Waals surface area (Å²) in [6.45, 7) is 3.38. The second-order valence-electron chi connectivity index (χ2n) is 5.23. The van der Waals surface area contributed by atoms with Crippen molar-refractivity contribution < 1.29 is 0 Å². The van der Waals surface area contributed by atoms with Crippen molar-refractivity contribution in [2.45, 2.75) is 31.8 Å². The number of nitrogens with one attached hydrogen (secondary N) is 1. The first-order chi connectivity index (χ1) is 8.24. The summed E-state index contributed by atoms with van der Waals surface area (Å²) in [4.78, 5) is 2.53. The summed E-state index contributed by atoms with van der Waals surface area (Å²) in [5, 5.41) is 3.32. The molecular formula is C15H24N2. The fourth-order valence-corrected chi connectivity index (χ4v) is 2.56. The molecule has 1 N–H and O–H groups in total. The molecule has 2 atom stereocenters. The molecule has 0 amide bonds. The number of hydrogen-bond acceptors (Lipinski definition) is 2. The van der Waals surface area contributed by atoms with E-state index in [-0.39, 0.29) is 0 Å². The smallest absolute Gasteiger partial charge is 0.0472 e. The minimum Gasteiger partial charge on any atom is -0.318 e. The lowest BCUT2D eigenvalue weighted by molar-refractivity contribution is 0.166. The van der Waals surface area contributed by atoms with Crippen LogP contribution in [-0.4, -0.2) is 31.6 Å². The normalized spacial score (nSPS) is 19.3. The predicted octanol–water partition coefficient (Wildman–Crippen LogP) is 2.68. The van der Waals surface area contributed by atoms with Crippen LogP contribution >= 0.6 is 0 Å². The Bertz CT molecular complexity index is 332. The second kappa shape index (κ2) is 5.65. The van der Waals surface area contributed by atoms with Crippen LogP contribution in [0.15, 0.2) is 30.3 Å². The van der Waals surface area contributed by atoms with E-state index in [1.54, 1.807) is 0 Å². The van der Waals surface area contributed by atoms with Gasteiger partial charge in [-0.2, -0.15) is 0 Å². The van der Waals surface area contributed by atoms with Gasteiger partial charge in [0.15, 0.2) is 0 Å². The molecule has 1 aliphatic rings. The molecule has 2 rings (SSSR count). The minimum atomic E-state index is 0.483. The van der Waals surface area contributed by atoms with Crippen molar-refractivity contribution >= 4 is 0 Å². The van der Waals surface area contributed by atoms with Crippen LogP contribution in [0.2, 0.25) is 0 Å². The molecule has 1 aromatic rings. The van der Waals surface area contributed by atoms with Gasteiger partial charge in [0.1, 0.15) is 0 Å². The molecule has 0 aromatic heterocycles. The van der Waals surface area contributed by atoms with E-state index in [1.807, 2.05) is 7.05 Å². The van der Waals surface area contributed by atoms with Crippen LogP contribution < -0.4 is 5.32 Å². The van der Waals surface area contributed by atoms with Gasteiger partial charge in [-0.1, -0.05) is 30.3 Å². The van der Waals surface area contributed by atoms with E-state index in [0.717, 1.165) is 12.5 Å². The third-order valence-electron chi connectivity index (χ3n) is 4.02. The Morgan fingerprint density at radius 2 is 1.94 bits per heavy atom. The van der Waals surface area contributed by atoms with Gasteiger partial charge in [0.25, 0.3) is 0 Å². The Balaban J connectivity index is 2.10. The van der Waals surface area contributed by atoms with Gasteiger partial charge in [-0.15, -0.1) is 0 Å². The molecule has 1 saturated carbocycles. The van der Waals surface area contributed by atoms with E-state index in [2.05, 4.69) is 54.5 Å². The first-order valence-electron chi connectivity index (χ1n) is 6.65. The molecular weight excluding hydrogens is 208 g/mol. The zero-order chi connectivity index (χ0) is 12.3. The Kier molecular flexibility index (Phi) is 4.19. The highest BCUT2D eigenvalue weighted by molar-refractivity contribution is 5.19. The maximum atomic E-state index is 3.32. The fraction of sp³-hybridized carbons (Fsp3) is 0.600. The number of likely N-dealkylation sites (N-methyl/N-ethyl adjacent to an activating group) is 2. The molecule has 0 bridgehead atoms. The summed E-state index contributed by atoms with van der Waals surface area (Å²) in [5.41, 5.74) is 1.41. The molecule has 0 heterocycles. The summed E-state index contributed by atoms with van der Waals surface area (Å²) in [7, 11) is 4.30. The third-order valence-corrected chi connectivity index (χ3v) is 4.02. The molecule has 2 nitrogen and oxygen atoms in total. The number of hydrogen-bond donors (Lipinski definition) is 1. The van der Waals surface area contributed by atoms with Crippen molar-refractivity contribution in [3.63, 3.8) is 0 Å². The van der Waals surface area contributed by atoms with E-state index >= 15 is 0 Å². The maximum absolute atomic E-state index is 3.32. The minimum absolute atomic E-state index is 0.483. The number of benzene rings is 1. The molecule has 0 spiro atoms. The van der Waals surface area contributed by atoms with Crippen molar-refractivity contribution in [2.24, 2.45) is 5.92 Å². The lowest BCUT2D eigenvalue weighted by Crippen LogP contribution is -2.38. The first kappa shape index (κ1) is 12.6. The molecule has 0 radical (unpaired) electrons. The summed E-state index contributed by atoms with van der Waals surface area (Å²) in [6, 6.07) is 12.0. The van der Waals surface area contributed by atoms with Crippen molar-refractivity contribution in [1.29, 1.82) is 0 Å². The average molecular weight is 232 g/mol. The van der Waals surface area contributed by atoms with Gasteiger partial charge in [-0.25, -0.2) is 0 Å². The molecule has 0 aliphatic heterocycles. The highest BCUT2D eigenvalue weighted by Gasteiger charge is 2.33. The Morgan fingerprint density at radius 1 is 1.29 bits per heavy atom. The topological polar surface area (TPSA) is 15.3 Å². The van der Waals surface area contributed by atoms with Gasteiger partial charge in [-0.3, -0.25) is 4.90 Å². The quantitative estimate of drug-likeness (QED) is 0.811. The van der Waals surface area contributed by atoms with Crippen LogP contribution in [0, 0.1) is 5.92 Å². The lowest BCUT2D eigenvalue weighted by atomic mass is 10.0. The van der Waals surface area contributed by atoms with Gasteiger partial charge in [-0.05, 0) is 45.3 Å². The Hall–Kier alpha value is -0.860. The number of nitrogens with zero attached hydrogens (tertiary/aromatic N) is 1. The predicted molar refractivity (Wildman–Crippen MR) is 73.1 cm³/mol. The van der Waals surface area contributed by atoms with Crippen LogP contribution in [0.25, 0.3) is 0 Å². The molecule has 94 valence electrons. The van der Waals surface area contributed by atoms with Crippen molar-refractivity contribution in [3.8, 4) is 0 Å². The summed E-state index contributed by atoms with van der Waals surface area (Å²) >= 11 is 0. The van der Waals surface area contributed by atoms with Gasteiger partial charge in [0.2, 0.25) is 0 Å².